The van der Waals surface area contributed by atoms with Crippen LogP contribution >= 0.6 is 0 Å². The highest BCUT2D eigenvalue weighted by molar-refractivity contribution is 5.22. The van der Waals surface area contributed by atoms with Gasteiger partial charge in [0.1, 0.15) is 11.6 Å². The van der Waals surface area contributed by atoms with Crippen molar-refractivity contribution in [3.05, 3.63) is 35.4 Å². The lowest BCUT2D eigenvalue weighted by Crippen LogP contribution is -2.42. The van der Waals surface area contributed by atoms with Gasteiger partial charge in [0.2, 0.25) is 0 Å². The zero-order chi connectivity index (χ0) is 15.4. The summed E-state index contributed by atoms with van der Waals surface area (Å²) in [6, 6.07) is 4.01. The van der Waals surface area contributed by atoms with Gasteiger partial charge >= 0.3 is 0 Å². The predicted molar refractivity (Wildman–Crippen MR) is 81.1 cm³/mol. The first-order valence-electron chi connectivity index (χ1n) is 7.66. The third-order valence-electron chi connectivity index (χ3n) is 4.48. The fourth-order valence-corrected chi connectivity index (χ4v) is 3.29. The molecule has 0 bridgehead atoms. The second kappa shape index (κ2) is 7.29. The van der Waals surface area contributed by atoms with E-state index >= 15 is 0 Å². The molecule has 1 fully saturated rings. The molecular formula is C16H25F2N3. The third kappa shape index (κ3) is 3.78. The SMILES string of the molecule is CCN1CCCC1CN(C)C(CN)c1ccc(F)cc1F. The number of likely N-dealkylation sites (N-methyl/N-ethyl adjacent to an activating group) is 2. The molecule has 0 amide bonds. The lowest BCUT2D eigenvalue weighted by Gasteiger charge is -2.33. The topological polar surface area (TPSA) is 32.5 Å². The van der Waals surface area contributed by atoms with Crippen LogP contribution in [0.3, 0.4) is 0 Å². The molecule has 0 aliphatic carbocycles. The molecule has 2 atom stereocenters. The first-order valence-corrected chi connectivity index (χ1v) is 7.66. The maximum absolute atomic E-state index is 14.0. The number of likely N-dealkylation sites (tertiary alicyclic amines) is 1. The van der Waals surface area contributed by atoms with E-state index in [1.54, 1.807) is 0 Å². The summed E-state index contributed by atoms with van der Waals surface area (Å²) in [5.74, 6) is -1.07. The second-order valence-electron chi connectivity index (χ2n) is 5.78. The Kier molecular flexibility index (Phi) is 5.67. The van der Waals surface area contributed by atoms with Crippen molar-refractivity contribution in [2.75, 3.05) is 33.2 Å². The fraction of sp³-hybridized carbons (Fsp3) is 0.625. The highest BCUT2D eigenvalue weighted by Crippen LogP contribution is 2.25. The van der Waals surface area contributed by atoms with E-state index in [-0.39, 0.29) is 6.04 Å². The van der Waals surface area contributed by atoms with Gasteiger partial charge in [-0.05, 0) is 39.0 Å². The van der Waals surface area contributed by atoms with Gasteiger partial charge in [-0.15, -0.1) is 0 Å². The van der Waals surface area contributed by atoms with Crippen LogP contribution in [0, 0.1) is 11.6 Å². The number of nitrogens with zero attached hydrogens (tertiary/aromatic N) is 2. The summed E-state index contributed by atoms with van der Waals surface area (Å²) in [6.45, 7) is 5.51. The molecule has 21 heavy (non-hydrogen) atoms. The number of benzene rings is 1. The lowest BCUT2D eigenvalue weighted by atomic mass is 10.0. The van der Waals surface area contributed by atoms with Gasteiger partial charge in [0, 0.05) is 36.8 Å². The molecule has 1 aliphatic heterocycles. The van der Waals surface area contributed by atoms with Gasteiger partial charge in [-0.1, -0.05) is 13.0 Å². The molecule has 1 aromatic carbocycles. The zero-order valence-corrected chi connectivity index (χ0v) is 12.9. The predicted octanol–water partition coefficient (Wildman–Crippen LogP) is 2.38. The summed E-state index contributed by atoms with van der Waals surface area (Å²) >= 11 is 0. The lowest BCUT2D eigenvalue weighted by molar-refractivity contribution is 0.164. The van der Waals surface area contributed by atoms with E-state index in [0.717, 1.165) is 25.7 Å². The number of hydrogen-bond donors (Lipinski definition) is 1. The van der Waals surface area contributed by atoms with Crippen LogP contribution in [-0.2, 0) is 0 Å². The molecular weight excluding hydrogens is 272 g/mol. The quantitative estimate of drug-likeness (QED) is 0.875. The summed E-state index contributed by atoms with van der Waals surface area (Å²) in [6.07, 6.45) is 2.38. The van der Waals surface area contributed by atoms with Gasteiger partial charge in [0.05, 0.1) is 0 Å². The monoisotopic (exact) mass is 297 g/mol. The van der Waals surface area contributed by atoms with E-state index in [1.807, 2.05) is 7.05 Å². The smallest absolute Gasteiger partial charge is 0.130 e. The molecule has 2 unspecified atom stereocenters. The van der Waals surface area contributed by atoms with Crippen molar-refractivity contribution < 1.29 is 8.78 Å². The Labute approximate surface area is 125 Å². The molecule has 0 radical (unpaired) electrons. The molecule has 118 valence electrons. The minimum absolute atomic E-state index is 0.218. The van der Waals surface area contributed by atoms with Crippen molar-refractivity contribution in [1.29, 1.82) is 0 Å². The second-order valence-corrected chi connectivity index (χ2v) is 5.78. The van der Waals surface area contributed by atoms with Crippen LogP contribution in [0.1, 0.15) is 31.4 Å². The first-order chi connectivity index (χ1) is 10.1. The molecule has 3 nitrogen and oxygen atoms in total. The Balaban J connectivity index is 2.09. The molecule has 2 N–H and O–H groups in total. The van der Waals surface area contributed by atoms with Gasteiger partial charge in [0.25, 0.3) is 0 Å². The van der Waals surface area contributed by atoms with E-state index in [0.29, 0.717) is 18.2 Å². The Morgan fingerprint density at radius 2 is 2.19 bits per heavy atom. The standard InChI is InChI=1S/C16H25F2N3/c1-3-21-8-4-5-13(21)11-20(2)16(10-19)14-7-6-12(17)9-15(14)18/h6-7,9,13,16H,3-5,8,10-11,19H2,1-2H3. The molecule has 0 spiro atoms. The molecule has 1 aromatic rings. The van der Waals surface area contributed by atoms with Crippen molar-refractivity contribution in [3.63, 3.8) is 0 Å². The number of hydrogen-bond acceptors (Lipinski definition) is 3. The van der Waals surface area contributed by atoms with E-state index in [4.69, 9.17) is 5.73 Å². The average Bonchev–Trinajstić information content (AvgIpc) is 2.89. The van der Waals surface area contributed by atoms with Crippen molar-refractivity contribution in [2.45, 2.75) is 31.8 Å². The van der Waals surface area contributed by atoms with Crippen molar-refractivity contribution in [2.24, 2.45) is 5.73 Å². The number of nitrogens with two attached hydrogens (primary N) is 1. The van der Waals surface area contributed by atoms with Crippen molar-refractivity contribution in [1.82, 2.24) is 9.80 Å². The number of halogens is 2. The molecule has 5 heteroatoms. The van der Waals surface area contributed by atoms with Gasteiger partial charge < -0.3 is 5.73 Å². The van der Waals surface area contributed by atoms with Crippen LogP contribution in [-0.4, -0.2) is 49.1 Å². The maximum Gasteiger partial charge on any atom is 0.130 e. The van der Waals surface area contributed by atoms with Crippen LogP contribution < -0.4 is 5.73 Å². The Bertz CT molecular complexity index is 467. The molecule has 1 heterocycles. The summed E-state index contributed by atoms with van der Waals surface area (Å²) in [4.78, 5) is 4.54. The highest BCUT2D eigenvalue weighted by Gasteiger charge is 2.27. The van der Waals surface area contributed by atoms with E-state index in [1.165, 1.54) is 25.0 Å². The summed E-state index contributed by atoms with van der Waals surface area (Å²) in [5.41, 5.74) is 6.31. The minimum Gasteiger partial charge on any atom is -0.329 e. The van der Waals surface area contributed by atoms with E-state index < -0.39 is 11.6 Å². The van der Waals surface area contributed by atoms with Gasteiger partial charge in [-0.2, -0.15) is 0 Å². The first kappa shape index (κ1) is 16.3. The fourth-order valence-electron chi connectivity index (χ4n) is 3.29. The van der Waals surface area contributed by atoms with Crippen LogP contribution in [0.25, 0.3) is 0 Å². The Hall–Kier alpha value is -1.04. The van der Waals surface area contributed by atoms with Gasteiger partial charge in [-0.25, -0.2) is 8.78 Å². The van der Waals surface area contributed by atoms with Crippen molar-refractivity contribution >= 4 is 0 Å². The highest BCUT2D eigenvalue weighted by atomic mass is 19.1. The summed E-state index contributed by atoms with van der Waals surface area (Å²) in [5, 5.41) is 0. The largest absolute Gasteiger partial charge is 0.329 e. The van der Waals surface area contributed by atoms with Gasteiger partial charge in [-0.3, -0.25) is 9.80 Å². The molecule has 0 saturated carbocycles. The normalized spacial score (nSPS) is 21.1. The minimum atomic E-state index is -0.553. The number of rotatable bonds is 6. The molecule has 1 aliphatic rings. The van der Waals surface area contributed by atoms with Crippen LogP contribution in [0.2, 0.25) is 0 Å². The third-order valence-corrected chi connectivity index (χ3v) is 4.48. The zero-order valence-electron chi connectivity index (χ0n) is 12.9. The van der Waals surface area contributed by atoms with E-state index in [2.05, 4.69) is 16.7 Å². The summed E-state index contributed by atoms with van der Waals surface area (Å²) < 4.78 is 27.0. The van der Waals surface area contributed by atoms with Crippen LogP contribution in [0.4, 0.5) is 8.78 Å². The molecule has 0 aromatic heterocycles. The maximum atomic E-state index is 14.0. The Morgan fingerprint density at radius 3 is 2.81 bits per heavy atom. The average molecular weight is 297 g/mol. The van der Waals surface area contributed by atoms with Gasteiger partial charge in [0.15, 0.2) is 0 Å². The van der Waals surface area contributed by atoms with Crippen LogP contribution in [0.5, 0.6) is 0 Å². The molecule has 1 saturated heterocycles. The van der Waals surface area contributed by atoms with Crippen LogP contribution in [0.15, 0.2) is 18.2 Å². The van der Waals surface area contributed by atoms with Crippen molar-refractivity contribution in [3.8, 4) is 0 Å². The van der Waals surface area contributed by atoms with E-state index in [9.17, 15) is 8.78 Å². The summed E-state index contributed by atoms with van der Waals surface area (Å²) in [7, 11) is 1.96. The molecule has 2 rings (SSSR count). The Morgan fingerprint density at radius 1 is 1.43 bits per heavy atom.